The Labute approximate surface area is 65.8 Å². The minimum absolute atomic E-state index is 0.182. The largest absolute Gasteiger partial charge is 0.354 e. The molecule has 1 aliphatic rings. The van der Waals surface area contributed by atoms with Gasteiger partial charge in [-0.15, -0.1) is 11.8 Å². The third-order valence-electron chi connectivity index (χ3n) is 1.67. The summed E-state index contributed by atoms with van der Waals surface area (Å²) in [6.45, 7) is 5.23. The number of hydrogen-bond acceptors (Lipinski definition) is 2. The molecule has 10 heavy (non-hydrogen) atoms. The number of carbonyl (C=O) groups is 1. The van der Waals surface area contributed by atoms with Gasteiger partial charge in [-0.2, -0.15) is 0 Å². The van der Waals surface area contributed by atoms with Gasteiger partial charge in [-0.1, -0.05) is 13.8 Å². The molecular weight excluding hydrogens is 146 g/mol. The Morgan fingerprint density at radius 2 is 2.40 bits per heavy atom. The Morgan fingerprint density at radius 3 is 2.80 bits per heavy atom. The minimum Gasteiger partial charge on any atom is -0.354 e. The molecule has 1 atom stereocenters. The lowest BCUT2D eigenvalue weighted by Crippen LogP contribution is -2.39. The van der Waals surface area contributed by atoms with Crippen molar-refractivity contribution in [2.45, 2.75) is 19.1 Å². The summed E-state index contributed by atoms with van der Waals surface area (Å²) in [6.07, 6.45) is 0. The number of rotatable bonds is 1. The number of thioether (sulfide) groups is 1. The summed E-state index contributed by atoms with van der Waals surface area (Å²) < 4.78 is 0. The lowest BCUT2D eigenvalue weighted by atomic mass is 10.1. The fraction of sp³-hybridized carbons (Fsp3) is 0.857. The quantitative estimate of drug-likeness (QED) is 0.615. The number of amides is 1. The molecule has 0 unspecified atom stereocenters. The molecule has 1 N–H and O–H groups in total. The molecule has 1 saturated heterocycles. The van der Waals surface area contributed by atoms with E-state index < -0.39 is 0 Å². The summed E-state index contributed by atoms with van der Waals surface area (Å²) in [5, 5.41) is 3.48. The van der Waals surface area contributed by atoms with E-state index in [0.29, 0.717) is 16.9 Å². The van der Waals surface area contributed by atoms with Gasteiger partial charge in [0.2, 0.25) is 5.91 Å². The summed E-state index contributed by atoms with van der Waals surface area (Å²) in [7, 11) is 0. The van der Waals surface area contributed by atoms with Crippen molar-refractivity contribution in [1.29, 1.82) is 0 Å². The van der Waals surface area contributed by atoms with Gasteiger partial charge in [0, 0.05) is 11.8 Å². The van der Waals surface area contributed by atoms with E-state index in [1.54, 1.807) is 11.8 Å². The van der Waals surface area contributed by atoms with E-state index in [9.17, 15) is 4.79 Å². The van der Waals surface area contributed by atoms with E-state index in [-0.39, 0.29) is 5.91 Å². The molecule has 0 spiro atoms. The molecule has 1 amide bonds. The first-order valence-corrected chi connectivity index (χ1v) is 4.63. The fourth-order valence-corrected chi connectivity index (χ4v) is 1.99. The molecule has 1 aliphatic heterocycles. The molecule has 1 fully saturated rings. The average molecular weight is 159 g/mol. The van der Waals surface area contributed by atoms with E-state index in [1.807, 2.05) is 0 Å². The van der Waals surface area contributed by atoms with Gasteiger partial charge in [0.15, 0.2) is 0 Å². The van der Waals surface area contributed by atoms with Gasteiger partial charge in [-0.25, -0.2) is 0 Å². The molecule has 0 bridgehead atoms. The van der Waals surface area contributed by atoms with E-state index in [4.69, 9.17) is 0 Å². The minimum atomic E-state index is 0.182. The maximum absolute atomic E-state index is 10.7. The summed E-state index contributed by atoms with van der Waals surface area (Å²) in [5.74, 6) is 1.50. The smallest absolute Gasteiger partial charge is 0.230 e. The van der Waals surface area contributed by atoms with Crippen molar-refractivity contribution in [3.63, 3.8) is 0 Å². The number of hydrogen-bond donors (Lipinski definition) is 1. The van der Waals surface area contributed by atoms with E-state index >= 15 is 0 Å². The highest BCUT2D eigenvalue weighted by molar-refractivity contribution is 8.00. The molecule has 2 nitrogen and oxygen atoms in total. The Kier molecular flexibility index (Phi) is 2.60. The summed E-state index contributed by atoms with van der Waals surface area (Å²) >= 11 is 1.77. The highest BCUT2D eigenvalue weighted by Crippen LogP contribution is 2.20. The Morgan fingerprint density at radius 1 is 1.70 bits per heavy atom. The zero-order valence-corrected chi connectivity index (χ0v) is 7.20. The molecule has 1 rings (SSSR count). The maximum atomic E-state index is 10.7. The van der Waals surface area contributed by atoms with Crippen LogP contribution in [0.2, 0.25) is 0 Å². The van der Waals surface area contributed by atoms with Crippen LogP contribution < -0.4 is 5.32 Å². The average Bonchev–Trinajstić information content (AvgIpc) is 1.88. The van der Waals surface area contributed by atoms with Crippen molar-refractivity contribution in [3.8, 4) is 0 Å². The Balaban J connectivity index is 2.33. The maximum Gasteiger partial charge on any atom is 0.230 e. The lowest BCUT2D eigenvalue weighted by molar-refractivity contribution is -0.118. The van der Waals surface area contributed by atoms with Crippen molar-refractivity contribution < 1.29 is 4.79 Å². The number of carbonyl (C=O) groups excluding carboxylic acids is 1. The van der Waals surface area contributed by atoms with E-state index in [0.717, 1.165) is 6.54 Å². The zero-order chi connectivity index (χ0) is 7.56. The van der Waals surface area contributed by atoms with Crippen LogP contribution in [0.25, 0.3) is 0 Å². The van der Waals surface area contributed by atoms with Crippen LogP contribution in [0, 0.1) is 5.92 Å². The molecule has 0 radical (unpaired) electrons. The standard InChI is InChI=1S/C7H13NOS/c1-5(2)6-3-8-7(9)4-10-6/h5-6H,3-4H2,1-2H3,(H,8,9)/t6-/m1/s1. The zero-order valence-electron chi connectivity index (χ0n) is 6.39. The second-order valence-corrected chi connectivity index (χ2v) is 4.13. The first-order valence-electron chi connectivity index (χ1n) is 3.58. The molecule has 0 aromatic heterocycles. The Hall–Kier alpha value is -0.180. The molecule has 58 valence electrons. The van der Waals surface area contributed by atoms with Crippen LogP contribution in [0.5, 0.6) is 0 Å². The molecule has 0 aromatic rings. The second kappa shape index (κ2) is 3.28. The highest BCUT2D eigenvalue weighted by Gasteiger charge is 2.20. The van der Waals surface area contributed by atoms with Crippen LogP contribution in [0.4, 0.5) is 0 Å². The van der Waals surface area contributed by atoms with Gasteiger partial charge in [-0.3, -0.25) is 4.79 Å². The molecular formula is C7H13NOS. The van der Waals surface area contributed by atoms with Crippen molar-refractivity contribution in [3.05, 3.63) is 0 Å². The van der Waals surface area contributed by atoms with Gasteiger partial charge in [0.25, 0.3) is 0 Å². The van der Waals surface area contributed by atoms with E-state index in [2.05, 4.69) is 19.2 Å². The summed E-state index contributed by atoms with van der Waals surface area (Å²) in [5.41, 5.74) is 0. The van der Waals surface area contributed by atoms with Gasteiger partial charge < -0.3 is 5.32 Å². The topological polar surface area (TPSA) is 29.1 Å². The van der Waals surface area contributed by atoms with Gasteiger partial charge >= 0.3 is 0 Å². The van der Waals surface area contributed by atoms with Crippen molar-refractivity contribution in [2.24, 2.45) is 5.92 Å². The molecule has 0 aliphatic carbocycles. The van der Waals surface area contributed by atoms with Crippen molar-refractivity contribution in [2.75, 3.05) is 12.3 Å². The predicted octanol–water partition coefficient (Wildman–Crippen LogP) is 0.874. The first-order chi connectivity index (χ1) is 4.70. The van der Waals surface area contributed by atoms with Crippen LogP contribution in [0.15, 0.2) is 0 Å². The van der Waals surface area contributed by atoms with Crippen LogP contribution in [-0.4, -0.2) is 23.5 Å². The van der Waals surface area contributed by atoms with Crippen LogP contribution >= 0.6 is 11.8 Å². The van der Waals surface area contributed by atoms with Gasteiger partial charge in [0.05, 0.1) is 5.75 Å². The lowest BCUT2D eigenvalue weighted by Gasteiger charge is -2.24. The third kappa shape index (κ3) is 1.90. The van der Waals surface area contributed by atoms with Crippen molar-refractivity contribution >= 4 is 17.7 Å². The third-order valence-corrected chi connectivity index (χ3v) is 3.24. The molecule has 3 heteroatoms. The van der Waals surface area contributed by atoms with Crippen molar-refractivity contribution in [1.82, 2.24) is 5.32 Å². The van der Waals surface area contributed by atoms with Gasteiger partial charge in [-0.05, 0) is 5.92 Å². The molecule has 1 heterocycles. The molecule has 0 saturated carbocycles. The van der Waals surface area contributed by atoms with Crippen LogP contribution in [-0.2, 0) is 4.79 Å². The second-order valence-electron chi connectivity index (χ2n) is 2.90. The predicted molar refractivity (Wildman–Crippen MR) is 44.1 cm³/mol. The fourth-order valence-electron chi connectivity index (χ4n) is 0.935. The Bertz CT molecular complexity index is 126. The first kappa shape index (κ1) is 7.92. The number of nitrogens with one attached hydrogen (secondary N) is 1. The molecule has 0 aromatic carbocycles. The van der Waals surface area contributed by atoms with E-state index in [1.165, 1.54) is 0 Å². The highest BCUT2D eigenvalue weighted by atomic mass is 32.2. The van der Waals surface area contributed by atoms with Gasteiger partial charge in [0.1, 0.15) is 0 Å². The van der Waals surface area contributed by atoms with Crippen LogP contribution in [0.3, 0.4) is 0 Å². The normalized spacial score (nSPS) is 26.7. The van der Waals surface area contributed by atoms with Crippen LogP contribution in [0.1, 0.15) is 13.8 Å². The summed E-state index contributed by atoms with van der Waals surface area (Å²) in [4.78, 5) is 10.7. The summed E-state index contributed by atoms with van der Waals surface area (Å²) in [6, 6.07) is 0. The monoisotopic (exact) mass is 159 g/mol. The SMILES string of the molecule is CC(C)[C@H]1CNC(=O)CS1.